The highest BCUT2D eigenvalue weighted by atomic mass is 35.5. The minimum absolute atomic E-state index is 0.227. The minimum atomic E-state index is 0.227. The molecule has 0 spiro atoms. The molecule has 1 aromatic rings. The molecule has 0 amide bonds. The summed E-state index contributed by atoms with van der Waals surface area (Å²) >= 11 is 16.8. The summed E-state index contributed by atoms with van der Waals surface area (Å²) in [6.45, 7) is 0. The normalized spacial score (nSPS) is 10.0. The highest BCUT2D eigenvalue weighted by Crippen LogP contribution is 2.17. The number of hydrogen-bond acceptors (Lipinski definition) is 1. The number of aromatic nitrogens is 2. The number of nitrogens with zero attached hydrogens (tertiary/aromatic N) is 2. The van der Waals surface area contributed by atoms with Crippen LogP contribution in [0.4, 0.5) is 0 Å². The molecule has 0 saturated carbocycles. The molecule has 0 saturated heterocycles. The van der Waals surface area contributed by atoms with Crippen molar-refractivity contribution in [1.29, 1.82) is 0 Å². The Labute approximate surface area is 73.4 Å². The highest BCUT2D eigenvalue weighted by molar-refractivity contribution is 6.41. The van der Waals surface area contributed by atoms with Gasteiger partial charge in [-0.3, -0.25) is 0 Å². The molecule has 0 unspecified atom stereocenters. The second kappa shape index (κ2) is 2.91. The summed E-state index contributed by atoms with van der Waals surface area (Å²) in [5, 5.41) is 0.938. The molecular weight excluding hydrogens is 194 g/mol. The Hall–Kier alpha value is -0.0500. The maximum atomic E-state index is 5.61. The maximum Gasteiger partial charge on any atom is 0.397 e. The van der Waals surface area contributed by atoms with Crippen molar-refractivity contribution in [1.82, 2.24) is 4.98 Å². The van der Waals surface area contributed by atoms with Gasteiger partial charge in [0.2, 0.25) is 0 Å². The average Bonchev–Trinajstić information content (AvgIpc) is 1.84. The van der Waals surface area contributed by atoms with Gasteiger partial charge in [-0.25, -0.2) is 4.57 Å². The monoisotopic (exact) mass is 197 g/mol. The molecule has 0 aliphatic heterocycles. The molecule has 0 fully saturated rings. The summed E-state index contributed by atoms with van der Waals surface area (Å²) in [4.78, 5) is 3.73. The van der Waals surface area contributed by atoms with Crippen LogP contribution in [0.5, 0.6) is 0 Å². The van der Waals surface area contributed by atoms with E-state index in [1.807, 2.05) is 0 Å². The molecule has 1 aromatic heterocycles. The Kier molecular flexibility index (Phi) is 2.34. The van der Waals surface area contributed by atoms with Gasteiger partial charge in [0.1, 0.15) is 11.2 Å². The molecule has 0 bridgehead atoms. The van der Waals surface area contributed by atoms with Crippen molar-refractivity contribution in [3.8, 4) is 0 Å². The van der Waals surface area contributed by atoms with Crippen LogP contribution in [0.15, 0.2) is 6.20 Å². The van der Waals surface area contributed by atoms with E-state index >= 15 is 0 Å². The molecule has 0 atom stereocenters. The number of halogens is 3. The molecule has 0 radical (unpaired) electrons. The lowest BCUT2D eigenvalue weighted by Crippen LogP contribution is -2.30. The third-order valence-electron chi connectivity index (χ3n) is 0.986. The van der Waals surface area contributed by atoms with Crippen LogP contribution < -0.4 is 4.57 Å². The fourth-order valence-electron chi connectivity index (χ4n) is 0.490. The lowest BCUT2D eigenvalue weighted by molar-refractivity contribution is -0.672. The van der Waals surface area contributed by atoms with E-state index in [9.17, 15) is 0 Å². The first-order valence-electron chi connectivity index (χ1n) is 2.48. The molecule has 0 aromatic carbocycles. The average molecular weight is 198 g/mol. The zero-order chi connectivity index (χ0) is 7.72. The van der Waals surface area contributed by atoms with E-state index in [1.54, 1.807) is 17.8 Å². The van der Waals surface area contributed by atoms with Crippen molar-refractivity contribution < 1.29 is 4.57 Å². The maximum absolute atomic E-state index is 5.61. The Morgan fingerprint density at radius 1 is 1.40 bits per heavy atom. The molecular formula is C5H4Cl3N2+. The second-order valence-corrected chi connectivity index (χ2v) is 2.86. The SMILES string of the molecule is C[n+]1cc(Cl)c(Cl)nc1Cl. The number of hydrogen-bond donors (Lipinski definition) is 0. The summed E-state index contributed by atoms with van der Waals surface area (Å²) in [6, 6.07) is 0. The predicted octanol–water partition coefficient (Wildman–Crippen LogP) is 1.87. The molecule has 0 aliphatic rings. The second-order valence-electron chi connectivity index (χ2n) is 1.76. The summed E-state index contributed by atoms with van der Waals surface area (Å²) in [5.41, 5.74) is 0. The lowest BCUT2D eigenvalue weighted by Gasteiger charge is -1.91. The summed E-state index contributed by atoms with van der Waals surface area (Å²) in [6.07, 6.45) is 1.60. The molecule has 0 N–H and O–H groups in total. The minimum Gasteiger partial charge on any atom is -0.221 e. The first kappa shape index (κ1) is 8.05. The van der Waals surface area contributed by atoms with E-state index in [0.717, 1.165) is 0 Å². The van der Waals surface area contributed by atoms with Gasteiger partial charge >= 0.3 is 5.28 Å². The third-order valence-corrected chi connectivity index (χ3v) is 2.00. The van der Waals surface area contributed by atoms with Crippen LogP contribution in [0.25, 0.3) is 0 Å². The lowest BCUT2D eigenvalue weighted by atomic mass is 10.6. The van der Waals surface area contributed by atoms with Crippen molar-refractivity contribution in [2.24, 2.45) is 7.05 Å². The van der Waals surface area contributed by atoms with Crippen molar-refractivity contribution >= 4 is 34.8 Å². The molecule has 54 valence electrons. The summed E-state index contributed by atoms with van der Waals surface area (Å²) < 4.78 is 1.58. The van der Waals surface area contributed by atoms with E-state index in [1.165, 1.54) is 0 Å². The van der Waals surface area contributed by atoms with Gasteiger partial charge in [-0.15, -0.1) is 0 Å². The predicted molar refractivity (Wildman–Crippen MR) is 40.4 cm³/mol. The van der Waals surface area contributed by atoms with Crippen molar-refractivity contribution in [3.63, 3.8) is 0 Å². The Balaban J connectivity index is 3.28. The van der Waals surface area contributed by atoms with Gasteiger partial charge in [0.05, 0.1) is 7.05 Å². The zero-order valence-corrected chi connectivity index (χ0v) is 7.37. The van der Waals surface area contributed by atoms with Crippen LogP contribution in [0.2, 0.25) is 15.5 Å². The first-order chi connectivity index (χ1) is 4.61. The van der Waals surface area contributed by atoms with E-state index in [4.69, 9.17) is 34.8 Å². The van der Waals surface area contributed by atoms with E-state index < -0.39 is 0 Å². The van der Waals surface area contributed by atoms with Gasteiger partial charge in [0.15, 0.2) is 0 Å². The number of aryl methyl sites for hydroxylation is 1. The van der Waals surface area contributed by atoms with Crippen LogP contribution in [-0.4, -0.2) is 4.98 Å². The third kappa shape index (κ3) is 1.51. The van der Waals surface area contributed by atoms with Gasteiger partial charge in [-0.05, 0) is 16.6 Å². The fourth-order valence-corrected chi connectivity index (χ4v) is 0.984. The topological polar surface area (TPSA) is 16.8 Å². The van der Waals surface area contributed by atoms with Crippen LogP contribution in [0.1, 0.15) is 0 Å². The Morgan fingerprint density at radius 3 is 2.50 bits per heavy atom. The van der Waals surface area contributed by atoms with Crippen LogP contribution in [0, 0.1) is 0 Å². The van der Waals surface area contributed by atoms with E-state index in [0.29, 0.717) is 10.3 Å². The van der Waals surface area contributed by atoms with E-state index in [-0.39, 0.29) is 5.15 Å². The molecule has 2 nitrogen and oxygen atoms in total. The Bertz CT molecular complexity index is 211. The first-order valence-corrected chi connectivity index (χ1v) is 3.62. The van der Waals surface area contributed by atoms with Crippen molar-refractivity contribution in [3.05, 3.63) is 21.7 Å². The molecule has 1 rings (SSSR count). The van der Waals surface area contributed by atoms with Crippen LogP contribution >= 0.6 is 34.8 Å². The largest absolute Gasteiger partial charge is 0.397 e. The van der Waals surface area contributed by atoms with Crippen molar-refractivity contribution in [2.45, 2.75) is 0 Å². The highest BCUT2D eigenvalue weighted by Gasteiger charge is 2.11. The molecule has 5 heteroatoms. The molecule has 0 aliphatic carbocycles. The molecule has 1 heterocycles. The fraction of sp³-hybridized carbons (Fsp3) is 0.200. The Morgan fingerprint density at radius 2 is 2.00 bits per heavy atom. The number of rotatable bonds is 0. The van der Waals surface area contributed by atoms with Gasteiger partial charge in [0.25, 0.3) is 5.15 Å². The quantitative estimate of drug-likeness (QED) is 0.353. The summed E-state index contributed by atoms with van der Waals surface area (Å²) in [7, 11) is 1.73. The van der Waals surface area contributed by atoms with Gasteiger partial charge in [0, 0.05) is 11.6 Å². The van der Waals surface area contributed by atoms with E-state index in [2.05, 4.69) is 4.98 Å². The van der Waals surface area contributed by atoms with Gasteiger partial charge < -0.3 is 0 Å². The zero-order valence-electron chi connectivity index (χ0n) is 5.11. The standard InChI is InChI=1S/C5H4Cl3N2/c1-10-2-3(6)4(7)9-5(10)8/h2H,1H3/q+1. The van der Waals surface area contributed by atoms with Crippen LogP contribution in [0.3, 0.4) is 0 Å². The van der Waals surface area contributed by atoms with Gasteiger partial charge in [-0.1, -0.05) is 11.6 Å². The molecule has 10 heavy (non-hydrogen) atoms. The smallest absolute Gasteiger partial charge is 0.221 e. The van der Waals surface area contributed by atoms with Crippen LogP contribution in [-0.2, 0) is 7.05 Å². The van der Waals surface area contributed by atoms with Gasteiger partial charge in [-0.2, -0.15) is 0 Å². The van der Waals surface area contributed by atoms with Crippen molar-refractivity contribution in [2.75, 3.05) is 0 Å². The summed E-state index contributed by atoms with van der Waals surface area (Å²) in [5.74, 6) is 0.